The molecule has 43 heavy (non-hydrogen) atoms. The number of carbonyl (C=O) groups excluding carboxylic acids is 1. The molecule has 10 atom stereocenters. The Hall–Kier alpha value is -1.94. The monoisotopic (exact) mass is 617 g/mol. The van der Waals surface area contributed by atoms with E-state index in [4.69, 9.17) is 25.1 Å². The fraction of sp³-hybridized carbons (Fsp3) is 0.875. The van der Waals surface area contributed by atoms with Gasteiger partial charge in [-0.1, -0.05) is 41.5 Å². The molecule has 1 heterocycles. The number of rotatable bonds is 15. The van der Waals surface area contributed by atoms with E-state index < -0.39 is 30.3 Å². The lowest BCUT2D eigenvalue weighted by Crippen LogP contribution is -2.46. The molecule has 0 spiro atoms. The zero-order chi connectivity index (χ0) is 34.3. The van der Waals surface area contributed by atoms with E-state index in [1.165, 1.54) is 7.11 Å². The Morgan fingerprint density at radius 2 is 1.70 bits per heavy atom. The minimum atomic E-state index is -1.28. The highest BCUT2D eigenvalue weighted by Gasteiger charge is 2.35. The number of methoxy groups -OCH3 is 1. The van der Waals surface area contributed by atoms with Gasteiger partial charge in [-0.05, 0) is 77.6 Å². The second kappa shape index (κ2) is 25.4. The summed E-state index contributed by atoms with van der Waals surface area (Å²) in [5.74, 6) is 5.14. The molecule has 1 aliphatic heterocycles. The van der Waals surface area contributed by atoms with Crippen molar-refractivity contribution < 1.29 is 34.7 Å². The summed E-state index contributed by atoms with van der Waals surface area (Å²) in [6.45, 7) is 18.7. The Bertz CT molecular complexity index is 766. The van der Waals surface area contributed by atoms with Crippen LogP contribution >= 0.6 is 0 Å². The van der Waals surface area contributed by atoms with Gasteiger partial charge in [-0.25, -0.2) is 5.01 Å². The van der Waals surface area contributed by atoms with Gasteiger partial charge in [0.2, 0.25) is 0 Å². The molecule has 0 aromatic carbocycles. The van der Waals surface area contributed by atoms with Gasteiger partial charge in [0.1, 0.15) is 6.29 Å². The number of nitroso groups, excluding NO2 is 1. The van der Waals surface area contributed by atoms with Crippen molar-refractivity contribution in [2.45, 2.75) is 138 Å². The van der Waals surface area contributed by atoms with Crippen LogP contribution in [0.5, 0.6) is 0 Å². The number of nitrogens with zero attached hydrogens (tertiary/aromatic N) is 2. The van der Waals surface area contributed by atoms with E-state index in [1.807, 2.05) is 48.5 Å². The summed E-state index contributed by atoms with van der Waals surface area (Å²) < 4.78 is 10.3. The van der Waals surface area contributed by atoms with Crippen LogP contribution in [-0.4, -0.2) is 82.1 Å². The van der Waals surface area contributed by atoms with Crippen LogP contribution < -0.4 is 0 Å². The van der Waals surface area contributed by atoms with Gasteiger partial charge in [-0.3, -0.25) is 0 Å². The molecule has 0 saturated carbocycles. The van der Waals surface area contributed by atoms with Crippen LogP contribution in [0.25, 0.3) is 0 Å². The lowest BCUT2D eigenvalue weighted by molar-refractivity contribution is -0.169. The summed E-state index contributed by atoms with van der Waals surface area (Å²) in [7, 11) is 2.43. The zero-order valence-corrected chi connectivity index (χ0v) is 28.8. The molecule has 1 aliphatic rings. The molecular formula is C32H63N3O8. The Morgan fingerprint density at radius 1 is 1.16 bits per heavy atom. The molecule has 1 rings (SSSR count). The highest BCUT2D eigenvalue weighted by molar-refractivity contribution is 5.86. The average molecular weight is 618 g/mol. The third-order valence-electron chi connectivity index (χ3n) is 7.27. The summed E-state index contributed by atoms with van der Waals surface area (Å²) in [4.78, 5) is 22.0. The fourth-order valence-electron chi connectivity index (χ4n) is 5.33. The van der Waals surface area contributed by atoms with Gasteiger partial charge in [-0.15, -0.1) is 16.7 Å². The minimum absolute atomic E-state index is 0.0502. The van der Waals surface area contributed by atoms with Gasteiger partial charge < -0.3 is 40.1 Å². The third kappa shape index (κ3) is 20.6. The Kier molecular flexibility index (Phi) is 26.9. The second-order valence-electron chi connectivity index (χ2n) is 12.0. The molecule has 0 bridgehead atoms. The maximum Gasteiger partial charge on any atom is 0.156 e. The summed E-state index contributed by atoms with van der Waals surface area (Å²) >= 11 is 0. The molecule has 0 aliphatic carbocycles. The van der Waals surface area contributed by atoms with E-state index in [0.29, 0.717) is 31.6 Å². The quantitative estimate of drug-likeness (QED) is 0.0417. The van der Waals surface area contributed by atoms with Crippen molar-refractivity contribution in [3.63, 3.8) is 0 Å². The first-order valence-corrected chi connectivity index (χ1v) is 15.2. The Morgan fingerprint density at radius 3 is 2.07 bits per heavy atom. The van der Waals surface area contributed by atoms with Gasteiger partial charge >= 0.3 is 0 Å². The minimum Gasteiger partial charge on any atom is -0.400 e. The van der Waals surface area contributed by atoms with Gasteiger partial charge in [0.15, 0.2) is 18.7 Å². The first kappa shape index (κ1) is 45.5. The summed E-state index contributed by atoms with van der Waals surface area (Å²) in [5.41, 5.74) is -0.763. The zero-order valence-electron chi connectivity index (χ0n) is 28.8. The third-order valence-corrected chi connectivity index (χ3v) is 7.27. The maximum atomic E-state index is 11.2. The highest BCUT2D eigenvalue weighted by Crippen LogP contribution is 2.30. The molecule has 5 N–H and O–H groups in total. The average Bonchev–Trinajstić information content (AvgIpc) is 2.94. The molecule has 5 unspecified atom stereocenters. The van der Waals surface area contributed by atoms with E-state index in [-0.39, 0.29) is 29.6 Å². The number of carbonyl (C=O) groups is 1. The van der Waals surface area contributed by atoms with Crippen LogP contribution in [0, 0.1) is 51.7 Å². The van der Waals surface area contributed by atoms with Crippen molar-refractivity contribution in [1.82, 2.24) is 5.01 Å². The Balaban J connectivity index is -0.000000866. The first-order valence-electron chi connectivity index (χ1n) is 15.2. The predicted molar refractivity (Wildman–Crippen MR) is 172 cm³/mol. The molecule has 0 aromatic heterocycles. The van der Waals surface area contributed by atoms with Crippen LogP contribution in [0.2, 0.25) is 0 Å². The maximum absolute atomic E-state index is 11.2. The largest absolute Gasteiger partial charge is 0.400 e. The molecule has 254 valence electrons. The van der Waals surface area contributed by atoms with Crippen molar-refractivity contribution in [1.29, 1.82) is 5.41 Å². The van der Waals surface area contributed by atoms with Crippen molar-refractivity contribution in [2.75, 3.05) is 14.2 Å². The number of hydrogen-bond acceptors (Lipinski definition) is 10. The number of hydrogen-bond donors (Lipinski definition) is 5. The molecule has 0 aromatic rings. The number of aliphatic hydroxyl groups excluding tert-OH is 3. The van der Waals surface area contributed by atoms with Gasteiger partial charge in [-0.2, -0.15) is 0 Å². The predicted octanol–water partition coefficient (Wildman–Crippen LogP) is 5.13. The lowest BCUT2D eigenvalue weighted by atomic mass is 9.79. The number of aliphatic hydroxyl groups is 4. The van der Waals surface area contributed by atoms with Crippen LogP contribution in [0.1, 0.15) is 108 Å². The van der Waals surface area contributed by atoms with Crippen molar-refractivity contribution in [3.05, 3.63) is 4.91 Å². The van der Waals surface area contributed by atoms with Crippen LogP contribution in [0.15, 0.2) is 5.29 Å². The van der Waals surface area contributed by atoms with E-state index in [0.717, 1.165) is 31.2 Å². The second-order valence-corrected chi connectivity index (χ2v) is 12.0. The van der Waals surface area contributed by atoms with Crippen LogP contribution in [-0.2, 0) is 14.3 Å². The molecular weight excluding hydrogens is 554 g/mol. The SMILES string of the molecule is CC#CC.CC1CC(C)O[C@@H](O)C1.CC[C@@H](OC)N(N=O)C(O)C(C)C(=N)[C@H](C)C[C@@](C)(O)C[C@@H](C)CC(C)C=O.CO. The van der Waals surface area contributed by atoms with E-state index in [2.05, 4.69) is 24.1 Å². The van der Waals surface area contributed by atoms with Crippen molar-refractivity contribution in [2.24, 2.45) is 34.9 Å². The molecule has 1 saturated heterocycles. The summed E-state index contributed by atoms with van der Waals surface area (Å²) in [6.07, 6.45) is 2.60. The van der Waals surface area contributed by atoms with E-state index >= 15 is 0 Å². The molecule has 1 fully saturated rings. The Labute approximate surface area is 261 Å². The number of ether oxygens (including phenoxy) is 2. The van der Waals surface area contributed by atoms with Gasteiger partial charge in [0, 0.05) is 38.2 Å². The van der Waals surface area contributed by atoms with Crippen LogP contribution in [0.4, 0.5) is 0 Å². The number of aldehydes is 1. The number of nitrogens with one attached hydrogen (secondary N) is 1. The van der Waals surface area contributed by atoms with Crippen molar-refractivity contribution in [3.8, 4) is 11.8 Å². The summed E-state index contributed by atoms with van der Waals surface area (Å²) in [5, 5.41) is 49.6. The summed E-state index contributed by atoms with van der Waals surface area (Å²) in [6, 6.07) is 0. The molecule has 11 nitrogen and oxygen atoms in total. The fourth-order valence-corrected chi connectivity index (χ4v) is 5.33. The molecule has 11 heteroatoms. The van der Waals surface area contributed by atoms with Crippen LogP contribution in [0.3, 0.4) is 0 Å². The topological polar surface area (TPSA) is 173 Å². The molecule has 0 amide bonds. The van der Waals surface area contributed by atoms with Gasteiger partial charge in [0.05, 0.1) is 17.0 Å². The van der Waals surface area contributed by atoms with Gasteiger partial charge in [0.25, 0.3) is 0 Å². The van der Waals surface area contributed by atoms with E-state index in [1.54, 1.807) is 13.8 Å². The first-order chi connectivity index (χ1) is 20.0. The standard InChI is InChI=1S/C20H39N3O5.C7H14O2.C4H6.CH4O/c1-8-17(28-7)23(22-27)19(25)16(5)18(21)15(4)11-20(6,26)10-13(2)9-14(3)12-24;1-5-3-6(2)9-7(8)4-5;1-3-4-2;1-2/h12-17,19,21,25-26H,8-11H2,1-7H3;5-8H,3-4H2,1-2H3;1-2H3;2H,1H3/t13-,14?,15+,16?,17+,19?,20-;5?,6?,7-;;/m01../s1. The normalized spacial score (nSPS) is 23.0. The van der Waals surface area contributed by atoms with E-state index in [9.17, 15) is 19.9 Å². The smallest absolute Gasteiger partial charge is 0.156 e. The van der Waals surface area contributed by atoms with Crippen molar-refractivity contribution >= 4 is 12.0 Å². The highest BCUT2D eigenvalue weighted by atomic mass is 16.6. The lowest BCUT2D eigenvalue weighted by Gasteiger charge is -2.35. The molecule has 0 radical (unpaired) electrons.